The summed E-state index contributed by atoms with van der Waals surface area (Å²) in [6, 6.07) is 17.3. The summed E-state index contributed by atoms with van der Waals surface area (Å²) in [4.78, 5) is 0. The highest BCUT2D eigenvalue weighted by Gasteiger charge is 2.08. The highest BCUT2D eigenvalue weighted by Crippen LogP contribution is 2.27. The van der Waals surface area contributed by atoms with Crippen molar-refractivity contribution >= 4 is 0 Å². The molecule has 1 unspecified atom stereocenters. The molecule has 0 aliphatic heterocycles. The van der Waals surface area contributed by atoms with E-state index in [4.69, 9.17) is 5.73 Å². The van der Waals surface area contributed by atoms with Crippen LogP contribution in [0.1, 0.15) is 37.9 Å². The van der Waals surface area contributed by atoms with E-state index in [2.05, 4.69) is 62.4 Å². The van der Waals surface area contributed by atoms with Crippen LogP contribution in [0.25, 0.3) is 11.1 Å². The predicted molar refractivity (Wildman–Crippen MR) is 83.0 cm³/mol. The summed E-state index contributed by atoms with van der Waals surface area (Å²) >= 11 is 0. The van der Waals surface area contributed by atoms with Crippen molar-refractivity contribution in [1.29, 1.82) is 0 Å². The van der Waals surface area contributed by atoms with E-state index in [9.17, 15) is 0 Å². The van der Waals surface area contributed by atoms with Gasteiger partial charge in [0.15, 0.2) is 0 Å². The third kappa shape index (κ3) is 3.45. The summed E-state index contributed by atoms with van der Waals surface area (Å²) in [5.41, 5.74) is 11.1. The predicted octanol–water partition coefficient (Wildman–Crippen LogP) is 4.57. The van der Waals surface area contributed by atoms with E-state index >= 15 is 0 Å². The van der Waals surface area contributed by atoms with Gasteiger partial charge in [-0.1, -0.05) is 62.4 Å². The molecule has 1 nitrogen and oxygen atoms in total. The minimum atomic E-state index is 0.0616. The molecular formula is C18H23N. The highest BCUT2D eigenvalue weighted by atomic mass is 14.6. The summed E-state index contributed by atoms with van der Waals surface area (Å²) in [7, 11) is 0. The van der Waals surface area contributed by atoms with Gasteiger partial charge in [-0.3, -0.25) is 0 Å². The van der Waals surface area contributed by atoms with Gasteiger partial charge < -0.3 is 5.73 Å². The fourth-order valence-electron chi connectivity index (χ4n) is 2.45. The smallest absolute Gasteiger partial charge is 0.0272 e. The van der Waals surface area contributed by atoms with Crippen LogP contribution in [-0.2, 0) is 6.42 Å². The van der Waals surface area contributed by atoms with Crippen LogP contribution >= 0.6 is 0 Å². The van der Waals surface area contributed by atoms with Gasteiger partial charge in [-0.15, -0.1) is 0 Å². The van der Waals surface area contributed by atoms with Crippen LogP contribution in [0.4, 0.5) is 0 Å². The van der Waals surface area contributed by atoms with Crippen LogP contribution in [0.3, 0.4) is 0 Å². The monoisotopic (exact) mass is 253 g/mol. The molecule has 0 spiro atoms. The molecular weight excluding hydrogens is 230 g/mol. The van der Waals surface area contributed by atoms with E-state index < -0.39 is 0 Å². The molecule has 0 radical (unpaired) electrons. The lowest BCUT2D eigenvalue weighted by molar-refractivity contribution is 0.647. The van der Waals surface area contributed by atoms with Crippen molar-refractivity contribution in [2.24, 2.45) is 11.7 Å². The molecule has 0 bridgehead atoms. The van der Waals surface area contributed by atoms with Crippen LogP contribution < -0.4 is 5.73 Å². The SMILES string of the molecule is CC(C)Cc1ccc(-c2ccccc2C(C)N)cc1. The van der Waals surface area contributed by atoms with E-state index in [1.165, 1.54) is 22.3 Å². The van der Waals surface area contributed by atoms with Gasteiger partial charge in [-0.2, -0.15) is 0 Å². The van der Waals surface area contributed by atoms with Crippen LogP contribution in [0.5, 0.6) is 0 Å². The zero-order chi connectivity index (χ0) is 13.8. The van der Waals surface area contributed by atoms with Gasteiger partial charge in [0.2, 0.25) is 0 Å². The molecule has 2 aromatic carbocycles. The first-order valence-electron chi connectivity index (χ1n) is 7.01. The third-order valence-electron chi connectivity index (χ3n) is 3.36. The van der Waals surface area contributed by atoms with E-state index in [0.717, 1.165) is 6.42 Å². The molecule has 1 heteroatoms. The Morgan fingerprint density at radius 1 is 0.895 bits per heavy atom. The summed E-state index contributed by atoms with van der Waals surface area (Å²) < 4.78 is 0. The average Bonchev–Trinajstić information content (AvgIpc) is 2.39. The van der Waals surface area contributed by atoms with Gasteiger partial charge in [0, 0.05) is 6.04 Å². The Morgan fingerprint density at radius 2 is 1.53 bits per heavy atom. The van der Waals surface area contributed by atoms with Crippen molar-refractivity contribution in [3.63, 3.8) is 0 Å². The molecule has 0 amide bonds. The van der Waals surface area contributed by atoms with Crippen molar-refractivity contribution in [1.82, 2.24) is 0 Å². The minimum absolute atomic E-state index is 0.0616. The lowest BCUT2D eigenvalue weighted by atomic mass is 9.94. The van der Waals surface area contributed by atoms with Crippen LogP contribution in [-0.4, -0.2) is 0 Å². The third-order valence-corrected chi connectivity index (χ3v) is 3.36. The Kier molecular flexibility index (Phi) is 4.39. The van der Waals surface area contributed by atoms with Crippen molar-refractivity contribution in [3.8, 4) is 11.1 Å². The summed E-state index contributed by atoms with van der Waals surface area (Å²) in [6.07, 6.45) is 1.13. The Morgan fingerprint density at radius 3 is 2.11 bits per heavy atom. The zero-order valence-electron chi connectivity index (χ0n) is 12.1. The quantitative estimate of drug-likeness (QED) is 0.848. The molecule has 2 N–H and O–H groups in total. The Labute approximate surface area is 116 Å². The zero-order valence-corrected chi connectivity index (χ0v) is 12.1. The second-order valence-electron chi connectivity index (χ2n) is 5.67. The molecule has 19 heavy (non-hydrogen) atoms. The van der Waals surface area contributed by atoms with Crippen LogP contribution in [0.2, 0.25) is 0 Å². The molecule has 0 aromatic heterocycles. The number of rotatable bonds is 4. The molecule has 0 fully saturated rings. The molecule has 0 heterocycles. The van der Waals surface area contributed by atoms with Gasteiger partial charge in [-0.05, 0) is 41.5 Å². The maximum atomic E-state index is 6.05. The molecule has 0 aliphatic carbocycles. The maximum Gasteiger partial charge on any atom is 0.0272 e. The van der Waals surface area contributed by atoms with E-state index in [-0.39, 0.29) is 6.04 Å². The maximum absolute atomic E-state index is 6.05. The number of benzene rings is 2. The van der Waals surface area contributed by atoms with E-state index in [1.807, 2.05) is 6.92 Å². The van der Waals surface area contributed by atoms with Gasteiger partial charge in [0.1, 0.15) is 0 Å². The van der Waals surface area contributed by atoms with E-state index in [0.29, 0.717) is 5.92 Å². The van der Waals surface area contributed by atoms with E-state index in [1.54, 1.807) is 0 Å². The summed E-state index contributed by atoms with van der Waals surface area (Å²) in [5.74, 6) is 0.696. The number of hydrogen-bond acceptors (Lipinski definition) is 1. The lowest BCUT2D eigenvalue weighted by Crippen LogP contribution is -2.06. The summed E-state index contributed by atoms with van der Waals surface area (Å²) in [5, 5.41) is 0. The Balaban J connectivity index is 2.32. The van der Waals surface area contributed by atoms with Gasteiger partial charge in [0.05, 0.1) is 0 Å². The van der Waals surface area contributed by atoms with Crippen molar-refractivity contribution < 1.29 is 0 Å². The van der Waals surface area contributed by atoms with Gasteiger partial charge >= 0.3 is 0 Å². The Bertz CT molecular complexity index is 524. The van der Waals surface area contributed by atoms with Crippen molar-refractivity contribution in [2.75, 3.05) is 0 Å². The molecule has 1 atom stereocenters. The lowest BCUT2D eigenvalue weighted by Gasteiger charge is -2.13. The first-order chi connectivity index (χ1) is 9.08. The van der Waals surface area contributed by atoms with Crippen LogP contribution in [0, 0.1) is 5.92 Å². The molecule has 2 aromatic rings. The molecule has 0 aliphatic rings. The van der Waals surface area contributed by atoms with Gasteiger partial charge in [0.25, 0.3) is 0 Å². The standard InChI is InChI=1S/C18H23N/c1-13(2)12-15-8-10-16(11-9-15)18-7-5-4-6-17(18)14(3)19/h4-11,13-14H,12,19H2,1-3H3. The second kappa shape index (κ2) is 6.03. The number of nitrogens with two attached hydrogens (primary N) is 1. The van der Waals surface area contributed by atoms with Crippen molar-refractivity contribution in [2.45, 2.75) is 33.2 Å². The van der Waals surface area contributed by atoms with Gasteiger partial charge in [-0.25, -0.2) is 0 Å². The molecule has 100 valence electrons. The largest absolute Gasteiger partial charge is 0.324 e. The molecule has 0 saturated heterocycles. The Hall–Kier alpha value is -1.60. The summed E-state index contributed by atoms with van der Waals surface area (Å²) in [6.45, 7) is 6.53. The molecule has 2 rings (SSSR count). The first kappa shape index (κ1) is 13.8. The fourth-order valence-corrected chi connectivity index (χ4v) is 2.45. The number of hydrogen-bond donors (Lipinski definition) is 1. The normalized spacial score (nSPS) is 12.7. The van der Waals surface area contributed by atoms with Crippen molar-refractivity contribution in [3.05, 3.63) is 59.7 Å². The fraction of sp³-hybridized carbons (Fsp3) is 0.333. The van der Waals surface area contributed by atoms with Crippen LogP contribution in [0.15, 0.2) is 48.5 Å². The second-order valence-corrected chi connectivity index (χ2v) is 5.67. The average molecular weight is 253 g/mol. The highest BCUT2D eigenvalue weighted by molar-refractivity contribution is 5.68. The first-order valence-corrected chi connectivity index (χ1v) is 7.01. The molecule has 0 saturated carbocycles. The minimum Gasteiger partial charge on any atom is -0.324 e. The topological polar surface area (TPSA) is 26.0 Å².